The van der Waals surface area contributed by atoms with Gasteiger partial charge in [-0.3, -0.25) is 9.59 Å². The van der Waals surface area contributed by atoms with Crippen LogP contribution in [-0.2, 0) is 9.59 Å². The van der Waals surface area contributed by atoms with E-state index in [2.05, 4.69) is 10.3 Å². The van der Waals surface area contributed by atoms with Crippen molar-refractivity contribution in [3.8, 4) is 10.6 Å². The lowest BCUT2D eigenvalue weighted by atomic mass is 10.2. The summed E-state index contributed by atoms with van der Waals surface area (Å²) < 4.78 is 0. The molecule has 1 unspecified atom stereocenters. The number of thiazole rings is 1. The fourth-order valence-corrected chi connectivity index (χ4v) is 2.64. The normalized spacial score (nSPS) is 11.7. The molecule has 2 rings (SSSR count). The number of hydrogen-bond donors (Lipinski definition) is 3. The highest BCUT2D eigenvalue weighted by Gasteiger charge is 2.24. The zero-order valence-electron chi connectivity index (χ0n) is 11.5. The summed E-state index contributed by atoms with van der Waals surface area (Å²) in [4.78, 5) is 37.7. The molecule has 0 saturated carbocycles. The minimum Gasteiger partial charge on any atom is -0.481 e. The molecular weight excluding hydrogens is 344 g/mol. The first kappa shape index (κ1) is 16.9. The molecule has 1 aromatic carbocycles. The molecule has 120 valence electrons. The second-order valence-corrected chi connectivity index (χ2v) is 5.80. The van der Waals surface area contributed by atoms with Crippen LogP contribution >= 0.6 is 22.9 Å². The molecule has 2 aromatic rings. The number of hydrogen-bond acceptors (Lipinski definition) is 5. The number of nitrogens with one attached hydrogen (secondary N) is 1. The van der Waals surface area contributed by atoms with E-state index in [0.717, 1.165) is 5.56 Å². The van der Waals surface area contributed by atoms with Gasteiger partial charge in [0.1, 0.15) is 16.7 Å². The highest BCUT2D eigenvalue weighted by molar-refractivity contribution is 7.13. The van der Waals surface area contributed by atoms with Gasteiger partial charge in [-0.25, -0.2) is 9.78 Å². The summed E-state index contributed by atoms with van der Waals surface area (Å²) in [6.07, 6.45) is -0.713. The van der Waals surface area contributed by atoms with Gasteiger partial charge in [0.05, 0.1) is 6.42 Å². The lowest BCUT2D eigenvalue weighted by molar-refractivity contribution is -0.145. The van der Waals surface area contributed by atoms with Crippen molar-refractivity contribution in [2.45, 2.75) is 12.5 Å². The van der Waals surface area contributed by atoms with Gasteiger partial charge in [0.2, 0.25) is 0 Å². The van der Waals surface area contributed by atoms with Crippen LogP contribution < -0.4 is 5.32 Å². The van der Waals surface area contributed by atoms with Crippen LogP contribution in [-0.4, -0.2) is 39.1 Å². The van der Waals surface area contributed by atoms with Gasteiger partial charge in [0, 0.05) is 16.0 Å². The number of carboxylic acids is 2. The van der Waals surface area contributed by atoms with E-state index in [-0.39, 0.29) is 5.69 Å². The van der Waals surface area contributed by atoms with E-state index in [1.807, 2.05) is 0 Å². The quantitative estimate of drug-likeness (QED) is 0.731. The zero-order chi connectivity index (χ0) is 17.0. The molecule has 23 heavy (non-hydrogen) atoms. The molecule has 7 nitrogen and oxygen atoms in total. The third kappa shape index (κ3) is 4.51. The van der Waals surface area contributed by atoms with Crippen LogP contribution in [0.4, 0.5) is 0 Å². The number of aromatic nitrogens is 1. The third-order valence-corrected chi connectivity index (χ3v) is 3.95. The average molecular weight is 355 g/mol. The molecule has 3 N–H and O–H groups in total. The van der Waals surface area contributed by atoms with E-state index in [4.69, 9.17) is 21.8 Å². The van der Waals surface area contributed by atoms with Crippen molar-refractivity contribution < 1.29 is 24.6 Å². The molecule has 0 aliphatic rings. The van der Waals surface area contributed by atoms with Gasteiger partial charge in [-0.2, -0.15) is 0 Å². The predicted molar refractivity (Wildman–Crippen MR) is 83.7 cm³/mol. The van der Waals surface area contributed by atoms with Crippen molar-refractivity contribution in [3.05, 3.63) is 40.4 Å². The Kier molecular flexibility index (Phi) is 5.30. The third-order valence-electron chi connectivity index (χ3n) is 2.81. The van der Waals surface area contributed by atoms with Crippen LogP contribution in [0.2, 0.25) is 5.02 Å². The fourth-order valence-electron chi connectivity index (χ4n) is 1.71. The number of carbonyl (C=O) groups excluding carboxylic acids is 1. The van der Waals surface area contributed by atoms with Crippen molar-refractivity contribution in [1.82, 2.24) is 10.3 Å². The van der Waals surface area contributed by atoms with Crippen molar-refractivity contribution in [1.29, 1.82) is 0 Å². The molecule has 0 aliphatic heterocycles. The Morgan fingerprint density at radius 2 is 1.87 bits per heavy atom. The number of aliphatic carboxylic acids is 2. The van der Waals surface area contributed by atoms with Crippen LogP contribution in [0.25, 0.3) is 10.6 Å². The molecule has 0 spiro atoms. The first-order valence-corrected chi connectivity index (χ1v) is 7.59. The van der Waals surface area contributed by atoms with Crippen molar-refractivity contribution in [2.24, 2.45) is 0 Å². The highest BCUT2D eigenvalue weighted by Crippen LogP contribution is 2.25. The zero-order valence-corrected chi connectivity index (χ0v) is 13.1. The second-order valence-electron chi connectivity index (χ2n) is 4.51. The van der Waals surface area contributed by atoms with E-state index in [1.165, 1.54) is 16.7 Å². The van der Waals surface area contributed by atoms with Gasteiger partial charge in [-0.1, -0.05) is 23.7 Å². The number of amides is 1. The molecule has 0 radical (unpaired) electrons. The van der Waals surface area contributed by atoms with Gasteiger partial charge in [0.25, 0.3) is 5.91 Å². The summed E-state index contributed by atoms with van der Waals surface area (Å²) >= 11 is 7.01. The standard InChI is InChI=1S/C14H11ClN2O5S/c15-8-3-1-7(2-4-8)13-17-10(6-23-13)12(20)16-9(14(21)22)5-11(18)19/h1-4,6,9H,5H2,(H,16,20)(H,18,19)(H,21,22). The Morgan fingerprint density at radius 3 is 2.43 bits per heavy atom. The number of rotatable bonds is 6. The first-order chi connectivity index (χ1) is 10.9. The summed E-state index contributed by atoms with van der Waals surface area (Å²) in [7, 11) is 0. The van der Waals surface area contributed by atoms with Gasteiger partial charge in [-0.05, 0) is 12.1 Å². The molecule has 1 amide bonds. The number of halogens is 1. The Labute approximate surface area is 139 Å². The fraction of sp³-hybridized carbons (Fsp3) is 0.143. The maximum atomic E-state index is 12.0. The second kappa shape index (κ2) is 7.21. The molecule has 0 aliphatic carbocycles. The lowest BCUT2D eigenvalue weighted by Gasteiger charge is -2.10. The molecule has 1 heterocycles. The Morgan fingerprint density at radius 1 is 1.22 bits per heavy atom. The summed E-state index contributed by atoms with van der Waals surface area (Å²) in [6, 6.07) is 5.35. The molecule has 0 bridgehead atoms. The van der Waals surface area contributed by atoms with Crippen molar-refractivity contribution in [3.63, 3.8) is 0 Å². The number of carbonyl (C=O) groups is 3. The Hall–Kier alpha value is -2.45. The topological polar surface area (TPSA) is 117 Å². The molecule has 1 aromatic heterocycles. The molecule has 0 saturated heterocycles. The van der Waals surface area contributed by atoms with Crippen molar-refractivity contribution in [2.75, 3.05) is 0 Å². The summed E-state index contributed by atoms with van der Waals surface area (Å²) in [5.74, 6) is -3.48. The van der Waals surface area contributed by atoms with E-state index >= 15 is 0 Å². The van der Waals surface area contributed by atoms with Crippen molar-refractivity contribution >= 4 is 40.8 Å². The number of nitrogens with zero attached hydrogens (tertiary/aromatic N) is 1. The summed E-state index contributed by atoms with van der Waals surface area (Å²) in [5, 5.41) is 22.3. The highest BCUT2D eigenvalue weighted by atomic mass is 35.5. The van der Waals surface area contributed by atoms with Crippen LogP contribution in [0.15, 0.2) is 29.6 Å². The molecular formula is C14H11ClN2O5S. The van der Waals surface area contributed by atoms with Crippen LogP contribution in [0.1, 0.15) is 16.9 Å². The van der Waals surface area contributed by atoms with E-state index in [9.17, 15) is 14.4 Å². The summed E-state index contributed by atoms with van der Waals surface area (Å²) in [6.45, 7) is 0. The molecule has 9 heteroatoms. The SMILES string of the molecule is O=C(O)CC(NC(=O)c1csc(-c2ccc(Cl)cc2)n1)C(=O)O. The molecule has 0 fully saturated rings. The molecule has 1 atom stereocenters. The minimum atomic E-state index is -1.51. The van der Waals surface area contributed by atoms with Gasteiger partial charge in [-0.15, -0.1) is 11.3 Å². The average Bonchev–Trinajstić information content (AvgIpc) is 2.96. The monoisotopic (exact) mass is 354 g/mol. The minimum absolute atomic E-state index is 0.0246. The predicted octanol–water partition coefficient (Wildman–Crippen LogP) is 2.12. The first-order valence-electron chi connectivity index (χ1n) is 6.33. The van der Waals surface area contributed by atoms with Gasteiger partial charge >= 0.3 is 11.9 Å². The maximum Gasteiger partial charge on any atom is 0.326 e. The Bertz CT molecular complexity index is 744. The van der Waals surface area contributed by atoms with Crippen LogP contribution in [0, 0.1) is 0 Å². The van der Waals surface area contributed by atoms with E-state index in [1.54, 1.807) is 24.3 Å². The smallest absolute Gasteiger partial charge is 0.326 e. The largest absolute Gasteiger partial charge is 0.481 e. The van der Waals surface area contributed by atoms with Crippen LogP contribution in [0.5, 0.6) is 0 Å². The number of carboxylic acid groups (broad SMARTS) is 2. The summed E-state index contributed by atoms with van der Waals surface area (Å²) in [5.41, 5.74) is 0.787. The van der Waals surface area contributed by atoms with Gasteiger partial charge < -0.3 is 15.5 Å². The van der Waals surface area contributed by atoms with E-state index in [0.29, 0.717) is 10.0 Å². The van der Waals surface area contributed by atoms with Gasteiger partial charge in [0.15, 0.2) is 0 Å². The van der Waals surface area contributed by atoms with Crippen LogP contribution in [0.3, 0.4) is 0 Å². The lowest BCUT2D eigenvalue weighted by Crippen LogP contribution is -2.42. The maximum absolute atomic E-state index is 12.0. The Balaban J connectivity index is 2.12. The number of benzene rings is 1. The van der Waals surface area contributed by atoms with E-state index < -0.39 is 30.3 Å².